The van der Waals surface area contributed by atoms with Crippen LogP contribution in [0.3, 0.4) is 0 Å². The normalized spacial score (nSPS) is 19.2. The highest BCUT2D eigenvalue weighted by Gasteiger charge is 2.32. The van der Waals surface area contributed by atoms with Gasteiger partial charge in [0.05, 0.1) is 5.92 Å². The lowest BCUT2D eigenvalue weighted by atomic mass is 9.96. The summed E-state index contributed by atoms with van der Waals surface area (Å²) in [5.41, 5.74) is 2.37. The molecule has 1 unspecified atom stereocenters. The maximum absolute atomic E-state index is 13.3. The Morgan fingerprint density at radius 3 is 2.58 bits per heavy atom. The number of piperidine rings is 1. The summed E-state index contributed by atoms with van der Waals surface area (Å²) in [6.45, 7) is 6.04. The van der Waals surface area contributed by atoms with Crippen LogP contribution in [-0.4, -0.2) is 70.9 Å². The Balaban J connectivity index is 1.10. The van der Waals surface area contributed by atoms with Crippen LogP contribution in [0.1, 0.15) is 29.8 Å². The fraction of sp³-hybridized carbons (Fsp3) is 0.393. The molecule has 2 aliphatic heterocycles. The van der Waals surface area contributed by atoms with Gasteiger partial charge in [0.25, 0.3) is 0 Å². The van der Waals surface area contributed by atoms with Gasteiger partial charge in [-0.05, 0) is 36.1 Å². The Bertz CT molecular complexity index is 1160. The van der Waals surface area contributed by atoms with Crippen molar-refractivity contribution in [2.75, 3.05) is 50.7 Å². The summed E-state index contributed by atoms with van der Waals surface area (Å²) in [6.07, 6.45) is 7.03. The summed E-state index contributed by atoms with van der Waals surface area (Å²) in [4.78, 5) is 24.8. The van der Waals surface area contributed by atoms with Crippen LogP contribution >= 0.6 is 23.1 Å². The lowest BCUT2D eigenvalue weighted by Crippen LogP contribution is -2.52. The molecule has 2 aliphatic rings. The monoisotopic (exact) mass is 521 g/mol. The van der Waals surface area contributed by atoms with Crippen LogP contribution in [0.15, 0.2) is 60.7 Å². The molecule has 8 heteroatoms. The molecule has 2 fully saturated rings. The van der Waals surface area contributed by atoms with Crippen molar-refractivity contribution in [2.45, 2.75) is 19.3 Å². The molecule has 6 nitrogen and oxygen atoms in total. The molecule has 2 saturated heterocycles. The molecule has 0 bridgehead atoms. The first-order valence-corrected chi connectivity index (χ1v) is 13.8. The van der Waals surface area contributed by atoms with Crippen molar-refractivity contribution < 1.29 is 4.79 Å². The van der Waals surface area contributed by atoms with E-state index < -0.39 is 0 Å². The molecule has 5 rings (SSSR count). The van der Waals surface area contributed by atoms with E-state index in [-0.39, 0.29) is 5.92 Å². The summed E-state index contributed by atoms with van der Waals surface area (Å²) < 4.78 is 4.57. The number of benzene rings is 2. The number of halogens is 1. The Hall–Kier alpha value is -2.74. The van der Waals surface area contributed by atoms with E-state index in [1.165, 1.54) is 17.1 Å². The largest absolute Gasteiger partial charge is 0.346 e. The Kier molecular flexibility index (Phi) is 8.31. The lowest BCUT2D eigenvalue weighted by molar-refractivity contribution is -0.137. The fourth-order valence-corrected chi connectivity index (χ4v) is 5.74. The number of hydrogen-bond acceptors (Lipinski definition) is 6. The Labute approximate surface area is 222 Å². The van der Waals surface area contributed by atoms with Crippen LogP contribution in [0.4, 0.5) is 5.13 Å². The molecule has 1 aromatic heterocycles. The van der Waals surface area contributed by atoms with Crippen molar-refractivity contribution in [3.05, 3.63) is 82.6 Å². The second-order valence-electron chi connectivity index (χ2n) is 9.52. The quantitative estimate of drug-likeness (QED) is 0.444. The van der Waals surface area contributed by atoms with Gasteiger partial charge < -0.3 is 9.80 Å². The van der Waals surface area contributed by atoms with Crippen LogP contribution in [0.5, 0.6) is 0 Å². The number of rotatable bonds is 7. The molecule has 3 heterocycles. The fourth-order valence-electron chi connectivity index (χ4n) is 4.89. The number of aromatic nitrogens is 2. The van der Waals surface area contributed by atoms with E-state index in [1.807, 2.05) is 30.3 Å². The maximum Gasteiger partial charge on any atom is 0.227 e. The highest BCUT2D eigenvalue weighted by molar-refractivity contribution is 7.09. The smallest absolute Gasteiger partial charge is 0.227 e. The van der Waals surface area contributed by atoms with Gasteiger partial charge in [-0.3, -0.25) is 9.69 Å². The van der Waals surface area contributed by atoms with Crippen LogP contribution < -0.4 is 4.90 Å². The van der Waals surface area contributed by atoms with Crippen molar-refractivity contribution in [3.8, 4) is 0 Å². The highest BCUT2D eigenvalue weighted by Crippen LogP contribution is 2.27. The predicted octanol–water partition coefficient (Wildman–Crippen LogP) is 4.86. The lowest BCUT2D eigenvalue weighted by Gasteiger charge is -2.38. The van der Waals surface area contributed by atoms with Gasteiger partial charge in [0.2, 0.25) is 11.0 Å². The minimum atomic E-state index is 0.0342. The van der Waals surface area contributed by atoms with E-state index >= 15 is 0 Å². The summed E-state index contributed by atoms with van der Waals surface area (Å²) in [6, 6.07) is 18.2. The third kappa shape index (κ3) is 6.52. The van der Waals surface area contributed by atoms with Gasteiger partial charge in [0.15, 0.2) is 0 Å². The summed E-state index contributed by atoms with van der Waals surface area (Å²) in [5, 5.41) is 1.66. The van der Waals surface area contributed by atoms with E-state index in [1.54, 1.807) is 0 Å². The molecular formula is C28H32ClN5OS. The first-order chi connectivity index (χ1) is 17.6. The second kappa shape index (κ2) is 12.0. The minimum Gasteiger partial charge on any atom is -0.346 e. The highest BCUT2D eigenvalue weighted by atomic mass is 35.5. The van der Waals surface area contributed by atoms with Crippen LogP contribution in [0, 0.1) is 5.92 Å². The predicted molar refractivity (Wildman–Crippen MR) is 148 cm³/mol. The third-order valence-corrected chi connectivity index (χ3v) is 8.00. The van der Waals surface area contributed by atoms with Gasteiger partial charge in [-0.15, -0.1) is 0 Å². The molecule has 3 aromatic rings. The van der Waals surface area contributed by atoms with Gasteiger partial charge in [0, 0.05) is 68.8 Å². The summed E-state index contributed by atoms with van der Waals surface area (Å²) >= 11 is 7.43. The second-order valence-corrected chi connectivity index (χ2v) is 10.7. The van der Waals surface area contributed by atoms with Crippen molar-refractivity contribution in [2.24, 2.45) is 5.92 Å². The average molecular weight is 522 g/mol. The average Bonchev–Trinajstić information content (AvgIpc) is 3.39. The molecule has 1 amide bonds. The van der Waals surface area contributed by atoms with Crippen molar-refractivity contribution in [3.63, 3.8) is 0 Å². The number of amides is 1. The molecule has 0 radical (unpaired) electrons. The van der Waals surface area contributed by atoms with Crippen molar-refractivity contribution in [1.82, 2.24) is 19.2 Å². The van der Waals surface area contributed by atoms with Crippen molar-refractivity contribution in [1.29, 1.82) is 0 Å². The number of carbonyl (C=O) groups is 1. The third-order valence-electron chi connectivity index (χ3n) is 6.93. The van der Waals surface area contributed by atoms with E-state index in [0.29, 0.717) is 12.3 Å². The molecule has 1 atom stereocenters. The van der Waals surface area contributed by atoms with Gasteiger partial charge in [-0.1, -0.05) is 66.2 Å². The minimum absolute atomic E-state index is 0.0342. The zero-order valence-corrected chi connectivity index (χ0v) is 22.0. The van der Waals surface area contributed by atoms with Crippen LogP contribution in [0.2, 0.25) is 5.02 Å². The number of hydrogen-bond donors (Lipinski definition) is 0. The Morgan fingerprint density at radius 1 is 1.03 bits per heavy atom. The number of piperazine rings is 1. The van der Waals surface area contributed by atoms with Gasteiger partial charge >= 0.3 is 0 Å². The molecule has 188 valence electrons. The van der Waals surface area contributed by atoms with Crippen LogP contribution in [0.25, 0.3) is 6.08 Å². The van der Waals surface area contributed by atoms with E-state index in [9.17, 15) is 4.79 Å². The molecule has 0 N–H and O–H groups in total. The zero-order chi connectivity index (χ0) is 24.7. The van der Waals surface area contributed by atoms with E-state index in [4.69, 9.17) is 16.6 Å². The maximum atomic E-state index is 13.3. The Morgan fingerprint density at radius 2 is 1.81 bits per heavy atom. The van der Waals surface area contributed by atoms with Gasteiger partial charge in [-0.25, -0.2) is 4.98 Å². The first kappa shape index (κ1) is 24.9. The summed E-state index contributed by atoms with van der Waals surface area (Å²) in [7, 11) is 0. The summed E-state index contributed by atoms with van der Waals surface area (Å²) in [5.74, 6) is 1.15. The molecule has 0 spiro atoms. The zero-order valence-electron chi connectivity index (χ0n) is 20.4. The molecule has 0 aliphatic carbocycles. The van der Waals surface area contributed by atoms with Gasteiger partial charge in [0.1, 0.15) is 5.82 Å². The molecule has 2 aromatic carbocycles. The number of nitrogens with zero attached hydrogens (tertiary/aromatic N) is 5. The van der Waals surface area contributed by atoms with E-state index in [0.717, 1.165) is 80.2 Å². The van der Waals surface area contributed by atoms with Crippen LogP contribution in [-0.2, 0) is 11.2 Å². The molecule has 36 heavy (non-hydrogen) atoms. The topological polar surface area (TPSA) is 52.6 Å². The molecule has 0 saturated carbocycles. The number of carbonyl (C=O) groups excluding carboxylic acids is 1. The first-order valence-electron chi connectivity index (χ1n) is 12.7. The molecular weight excluding hydrogens is 490 g/mol. The van der Waals surface area contributed by atoms with E-state index in [2.05, 4.69) is 55.5 Å². The SMILES string of the molecule is O=C(C1CCCN(c2nc(Cc3ccc(Cl)cc3)ns2)C1)N1CCN(C/C=C/c2ccccc2)CC1. The number of anilines is 1. The van der Waals surface area contributed by atoms with Crippen molar-refractivity contribution >= 4 is 40.2 Å². The standard InChI is InChI=1S/C28H32ClN5OS/c29-25-12-10-23(11-13-25)20-26-30-28(36-31-26)34-15-5-9-24(21-34)27(35)33-18-16-32(17-19-33)14-4-8-22-6-2-1-3-7-22/h1-4,6-8,10-13,24H,5,9,14-21H2/b8-4+. The van der Waals surface area contributed by atoms with Gasteiger partial charge in [-0.2, -0.15) is 4.37 Å².